The summed E-state index contributed by atoms with van der Waals surface area (Å²) in [6.45, 7) is 9.35. The van der Waals surface area contributed by atoms with Crippen molar-refractivity contribution in [3.63, 3.8) is 0 Å². The van der Waals surface area contributed by atoms with Crippen LogP contribution in [0.5, 0.6) is 0 Å². The van der Waals surface area contributed by atoms with Crippen LogP contribution < -0.4 is 5.73 Å². The summed E-state index contributed by atoms with van der Waals surface area (Å²) in [5.41, 5.74) is 6.34. The Labute approximate surface area is 93.6 Å². The van der Waals surface area contributed by atoms with Crippen molar-refractivity contribution in [1.82, 2.24) is 9.80 Å². The Hall–Kier alpha value is -0.120. The van der Waals surface area contributed by atoms with Gasteiger partial charge in [0, 0.05) is 38.3 Å². The largest absolute Gasteiger partial charge is 0.329 e. The van der Waals surface area contributed by atoms with Crippen LogP contribution in [0.15, 0.2) is 0 Å². The van der Waals surface area contributed by atoms with Crippen LogP contribution in [0.1, 0.15) is 32.6 Å². The minimum atomic E-state index is 0.401. The maximum Gasteiger partial charge on any atom is 0.0332 e. The number of nitrogens with two attached hydrogens (primary N) is 1. The zero-order valence-electron chi connectivity index (χ0n) is 10.0. The van der Waals surface area contributed by atoms with E-state index in [0.717, 1.165) is 6.54 Å². The summed E-state index contributed by atoms with van der Waals surface area (Å²) in [6, 6.07) is 0. The van der Waals surface area contributed by atoms with Crippen LogP contribution in [0.2, 0.25) is 0 Å². The van der Waals surface area contributed by atoms with Crippen molar-refractivity contribution in [2.45, 2.75) is 38.1 Å². The molecule has 2 rings (SSSR count). The summed E-state index contributed by atoms with van der Waals surface area (Å²) >= 11 is 0. The highest BCUT2D eigenvalue weighted by Gasteiger charge is 2.41. The number of piperazine rings is 1. The number of hydrogen-bond acceptors (Lipinski definition) is 3. The van der Waals surface area contributed by atoms with E-state index in [1.165, 1.54) is 58.4 Å². The first kappa shape index (κ1) is 11.4. The summed E-state index contributed by atoms with van der Waals surface area (Å²) in [5, 5.41) is 0. The van der Waals surface area contributed by atoms with Gasteiger partial charge in [-0.1, -0.05) is 6.92 Å². The van der Waals surface area contributed by atoms with E-state index >= 15 is 0 Å². The van der Waals surface area contributed by atoms with Gasteiger partial charge in [-0.05, 0) is 32.2 Å². The van der Waals surface area contributed by atoms with Crippen LogP contribution in [-0.2, 0) is 0 Å². The zero-order valence-corrected chi connectivity index (χ0v) is 10.0. The summed E-state index contributed by atoms with van der Waals surface area (Å²) < 4.78 is 0. The highest BCUT2D eigenvalue weighted by atomic mass is 15.3. The second-order valence-electron chi connectivity index (χ2n) is 5.11. The Morgan fingerprint density at radius 1 is 1.13 bits per heavy atom. The Bertz CT molecular complexity index is 188. The fourth-order valence-electron chi connectivity index (χ4n) is 3.00. The molecule has 1 aliphatic heterocycles. The molecule has 0 unspecified atom stereocenters. The summed E-state index contributed by atoms with van der Waals surface area (Å²) in [5.74, 6) is 0. The molecule has 0 amide bonds. The molecule has 1 saturated heterocycles. The summed E-state index contributed by atoms with van der Waals surface area (Å²) in [4.78, 5) is 5.24. The number of hydrogen-bond donors (Lipinski definition) is 1. The van der Waals surface area contributed by atoms with Gasteiger partial charge in [-0.2, -0.15) is 0 Å². The van der Waals surface area contributed by atoms with E-state index < -0.39 is 0 Å². The van der Waals surface area contributed by atoms with E-state index in [-0.39, 0.29) is 0 Å². The SMILES string of the molecule is CCCN1CCN(C2(CN)CCC2)CC1. The molecule has 2 N–H and O–H groups in total. The van der Waals surface area contributed by atoms with E-state index in [1.807, 2.05) is 0 Å². The lowest BCUT2D eigenvalue weighted by Crippen LogP contribution is -2.63. The second kappa shape index (κ2) is 4.81. The molecule has 0 aromatic heterocycles. The lowest BCUT2D eigenvalue weighted by Gasteiger charge is -2.52. The zero-order chi connectivity index (χ0) is 10.7. The highest BCUT2D eigenvalue weighted by molar-refractivity contribution is 5.00. The van der Waals surface area contributed by atoms with Gasteiger partial charge in [0.15, 0.2) is 0 Å². The van der Waals surface area contributed by atoms with Crippen molar-refractivity contribution in [3.05, 3.63) is 0 Å². The maximum atomic E-state index is 5.94. The van der Waals surface area contributed by atoms with Gasteiger partial charge in [0.25, 0.3) is 0 Å². The molecule has 2 fully saturated rings. The first-order chi connectivity index (χ1) is 7.30. The van der Waals surface area contributed by atoms with Crippen LogP contribution in [0.25, 0.3) is 0 Å². The lowest BCUT2D eigenvalue weighted by atomic mass is 9.75. The molecule has 0 spiro atoms. The van der Waals surface area contributed by atoms with E-state index in [2.05, 4.69) is 16.7 Å². The molecule has 3 nitrogen and oxygen atoms in total. The minimum Gasteiger partial charge on any atom is -0.329 e. The summed E-state index contributed by atoms with van der Waals surface area (Å²) in [6.07, 6.45) is 5.32. The molecular formula is C12H25N3. The molecule has 0 aromatic carbocycles. The van der Waals surface area contributed by atoms with Gasteiger partial charge in [-0.15, -0.1) is 0 Å². The Balaban J connectivity index is 1.82. The highest BCUT2D eigenvalue weighted by Crippen LogP contribution is 2.37. The Morgan fingerprint density at radius 3 is 2.20 bits per heavy atom. The quantitative estimate of drug-likeness (QED) is 0.750. The lowest BCUT2D eigenvalue weighted by molar-refractivity contribution is -0.0123. The molecule has 0 bridgehead atoms. The van der Waals surface area contributed by atoms with Gasteiger partial charge in [-0.25, -0.2) is 0 Å². The molecular weight excluding hydrogens is 186 g/mol. The molecule has 1 aliphatic carbocycles. The molecule has 1 heterocycles. The molecule has 1 saturated carbocycles. The van der Waals surface area contributed by atoms with Crippen molar-refractivity contribution in [2.75, 3.05) is 39.3 Å². The number of nitrogens with zero attached hydrogens (tertiary/aromatic N) is 2. The average Bonchev–Trinajstić information content (AvgIpc) is 2.20. The summed E-state index contributed by atoms with van der Waals surface area (Å²) in [7, 11) is 0. The van der Waals surface area contributed by atoms with Gasteiger partial charge in [-0.3, -0.25) is 4.90 Å². The standard InChI is InChI=1S/C12H25N3/c1-2-6-14-7-9-15(10-8-14)12(11-13)4-3-5-12/h2-11,13H2,1H3. The van der Waals surface area contributed by atoms with Crippen molar-refractivity contribution >= 4 is 0 Å². The normalized spacial score (nSPS) is 27.6. The predicted molar refractivity (Wildman–Crippen MR) is 63.9 cm³/mol. The van der Waals surface area contributed by atoms with Crippen molar-refractivity contribution in [2.24, 2.45) is 5.73 Å². The smallest absolute Gasteiger partial charge is 0.0332 e. The second-order valence-corrected chi connectivity index (χ2v) is 5.11. The monoisotopic (exact) mass is 211 g/mol. The Kier molecular flexibility index (Phi) is 3.65. The predicted octanol–water partition coefficient (Wildman–Crippen LogP) is 0.895. The third-order valence-corrected chi connectivity index (χ3v) is 4.25. The van der Waals surface area contributed by atoms with Gasteiger partial charge < -0.3 is 10.6 Å². The molecule has 0 radical (unpaired) electrons. The molecule has 0 aromatic rings. The molecule has 3 heteroatoms. The van der Waals surface area contributed by atoms with Crippen molar-refractivity contribution < 1.29 is 0 Å². The fraction of sp³-hybridized carbons (Fsp3) is 1.00. The van der Waals surface area contributed by atoms with Crippen LogP contribution in [0, 0.1) is 0 Å². The molecule has 0 atom stereocenters. The molecule has 88 valence electrons. The van der Waals surface area contributed by atoms with Crippen molar-refractivity contribution in [3.8, 4) is 0 Å². The van der Waals surface area contributed by atoms with Crippen molar-refractivity contribution in [1.29, 1.82) is 0 Å². The van der Waals surface area contributed by atoms with Gasteiger partial charge in [0.1, 0.15) is 0 Å². The third-order valence-electron chi connectivity index (χ3n) is 4.25. The van der Waals surface area contributed by atoms with E-state index in [4.69, 9.17) is 5.73 Å². The van der Waals surface area contributed by atoms with Gasteiger partial charge in [0.05, 0.1) is 0 Å². The van der Waals surface area contributed by atoms with Crippen LogP contribution in [0.3, 0.4) is 0 Å². The minimum absolute atomic E-state index is 0.401. The Morgan fingerprint density at radius 2 is 1.80 bits per heavy atom. The van der Waals surface area contributed by atoms with E-state index in [9.17, 15) is 0 Å². The fourth-order valence-corrected chi connectivity index (χ4v) is 3.00. The van der Waals surface area contributed by atoms with Crippen LogP contribution >= 0.6 is 0 Å². The maximum absolute atomic E-state index is 5.94. The van der Waals surface area contributed by atoms with E-state index in [0.29, 0.717) is 5.54 Å². The van der Waals surface area contributed by atoms with E-state index in [1.54, 1.807) is 0 Å². The first-order valence-electron chi connectivity index (χ1n) is 6.48. The third kappa shape index (κ3) is 2.19. The van der Waals surface area contributed by atoms with Gasteiger partial charge in [0.2, 0.25) is 0 Å². The number of rotatable bonds is 4. The van der Waals surface area contributed by atoms with Gasteiger partial charge >= 0.3 is 0 Å². The van der Waals surface area contributed by atoms with Crippen LogP contribution in [0.4, 0.5) is 0 Å². The molecule has 2 aliphatic rings. The first-order valence-corrected chi connectivity index (χ1v) is 6.48. The topological polar surface area (TPSA) is 32.5 Å². The average molecular weight is 211 g/mol. The van der Waals surface area contributed by atoms with Crippen LogP contribution in [-0.4, -0.2) is 54.6 Å². The molecule has 15 heavy (non-hydrogen) atoms.